The Labute approximate surface area is 90.1 Å². The topological polar surface area (TPSA) is 47.0 Å². The molecule has 2 rings (SSSR count). The maximum atomic E-state index is 5.41. The fourth-order valence-corrected chi connectivity index (χ4v) is 1.80. The minimum Gasteiger partial charge on any atom is -0.376 e. The summed E-state index contributed by atoms with van der Waals surface area (Å²) >= 11 is 0. The van der Waals surface area contributed by atoms with Crippen LogP contribution in [0.3, 0.4) is 0 Å². The number of nitrogens with zero attached hydrogens (tertiary/aromatic N) is 2. The van der Waals surface area contributed by atoms with Gasteiger partial charge in [-0.3, -0.25) is 0 Å². The molecule has 0 saturated carbocycles. The molecule has 15 heavy (non-hydrogen) atoms. The lowest BCUT2D eigenvalue weighted by Gasteiger charge is -2.18. The van der Waals surface area contributed by atoms with Gasteiger partial charge >= 0.3 is 0 Å². The molecule has 82 valence electrons. The molecule has 0 aliphatic carbocycles. The van der Waals surface area contributed by atoms with Crippen molar-refractivity contribution in [3.63, 3.8) is 0 Å². The van der Waals surface area contributed by atoms with E-state index in [2.05, 4.69) is 15.3 Å². The van der Waals surface area contributed by atoms with Crippen molar-refractivity contribution < 1.29 is 4.74 Å². The standard InChI is InChI=1S/C11H17N3O/c1-8-9-7-15-6-4-10(9)14-11(13-8)3-5-12-2/h12H,3-7H2,1-2H3. The number of rotatable bonds is 3. The number of ether oxygens (including phenoxy) is 1. The Balaban J connectivity index is 2.24. The molecule has 1 N–H and O–H groups in total. The Bertz CT molecular complexity index is 352. The molecule has 0 spiro atoms. The second-order valence-corrected chi connectivity index (χ2v) is 3.81. The summed E-state index contributed by atoms with van der Waals surface area (Å²) in [5.74, 6) is 0.947. The van der Waals surface area contributed by atoms with Crippen molar-refractivity contribution in [3.8, 4) is 0 Å². The van der Waals surface area contributed by atoms with Crippen LogP contribution in [0.2, 0.25) is 0 Å². The van der Waals surface area contributed by atoms with E-state index in [1.807, 2.05) is 14.0 Å². The van der Waals surface area contributed by atoms with E-state index in [9.17, 15) is 0 Å². The second-order valence-electron chi connectivity index (χ2n) is 3.81. The van der Waals surface area contributed by atoms with E-state index in [-0.39, 0.29) is 0 Å². The number of aryl methyl sites for hydroxylation is 1. The van der Waals surface area contributed by atoms with Gasteiger partial charge in [0.05, 0.1) is 18.9 Å². The summed E-state index contributed by atoms with van der Waals surface area (Å²) < 4.78 is 5.41. The van der Waals surface area contributed by atoms with Crippen LogP contribution in [0.25, 0.3) is 0 Å². The highest BCUT2D eigenvalue weighted by atomic mass is 16.5. The van der Waals surface area contributed by atoms with Crippen molar-refractivity contribution >= 4 is 0 Å². The third-order valence-corrected chi connectivity index (χ3v) is 2.67. The van der Waals surface area contributed by atoms with Crippen LogP contribution in [0.15, 0.2) is 0 Å². The summed E-state index contributed by atoms with van der Waals surface area (Å²) in [7, 11) is 1.94. The zero-order chi connectivity index (χ0) is 10.7. The smallest absolute Gasteiger partial charge is 0.130 e. The molecule has 0 saturated heterocycles. The molecule has 0 fully saturated rings. The molecule has 1 aliphatic heterocycles. The Hall–Kier alpha value is -1.00. The Morgan fingerprint density at radius 2 is 2.27 bits per heavy atom. The predicted octanol–water partition coefficient (Wildman–Crippen LogP) is 0.620. The molecule has 0 amide bonds. The van der Waals surface area contributed by atoms with E-state index in [0.717, 1.165) is 37.5 Å². The van der Waals surface area contributed by atoms with Crippen LogP contribution < -0.4 is 5.32 Å². The number of fused-ring (bicyclic) bond motifs is 1. The van der Waals surface area contributed by atoms with Crippen LogP contribution in [-0.4, -0.2) is 30.2 Å². The van der Waals surface area contributed by atoms with Crippen molar-refractivity contribution in [1.29, 1.82) is 0 Å². The number of hydrogen-bond acceptors (Lipinski definition) is 4. The van der Waals surface area contributed by atoms with E-state index in [0.29, 0.717) is 6.61 Å². The third-order valence-electron chi connectivity index (χ3n) is 2.67. The second kappa shape index (κ2) is 4.68. The van der Waals surface area contributed by atoms with Crippen molar-refractivity contribution in [3.05, 3.63) is 22.8 Å². The molecule has 0 aromatic carbocycles. The maximum Gasteiger partial charge on any atom is 0.130 e. The fourth-order valence-electron chi connectivity index (χ4n) is 1.80. The average molecular weight is 207 g/mol. The molecule has 4 nitrogen and oxygen atoms in total. The van der Waals surface area contributed by atoms with Crippen LogP contribution in [0.5, 0.6) is 0 Å². The molecule has 2 heterocycles. The number of nitrogens with one attached hydrogen (secondary N) is 1. The molecule has 0 bridgehead atoms. The van der Waals surface area contributed by atoms with E-state index in [1.54, 1.807) is 0 Å². The van der Waals surface area contributed by atoms with Gasteiger partial charge in [-0.25, -0.2) is 9.97 Å². The van der Waals surface area contributed by atoms with Gasteiger partial charge in [0.25, 0.3) is 0 Å². The predicted molar refractivity (Wildman–Crippen MR) is 57.8 cm³/mol. The average Bonchev–Trinajstić information content (AvgIpc) is 2.26. The fraction of sp³-hybridized carbons (Fsp3) is 0.636. The summed E-state index contributed by atoms with van der Waals surface area (Å²) in [4.78, 5) is 9.07. The normalized spacial score (nSPS) is 15.1. The van der Waals surface area contributed by atoms with Gasteiger partial charge in [0.15, 0.2) is 0 Å². The van der Waals surface area contributed by atoms with E-state index in [1.165, 1.54) is 11.3 Å². The minimum absolute atomic E-state index is 0.674. The van der Waals surface area contributed by atoms with Crippen LogP contribution in [0.1, 0.15) is 22.8 Å². The molecule has 4 heteroatoms. The molecule has 1 aromatic heterocycles. The Morgan fingerprint density at radius 1 is 1.40 bits per heavy atom. The molecule has 0 atom stereocenters. The van der Waals surface area contributed by atoms with Crippen LogP contribution in [0, 0.1) is 6.92 Å². The van der Waals surface area contributed by atoms with Gasteiger partial charge in [0, 0.05) is 30.6 Å². The van der Waals surface area contributed by atoms with Gasteiger partial charge in [-0.2, -0.15) is 0 Å². The largest absolute Gasteiger partial charge is 0.376 e. The highest BCUT2D eigenvalue weighted by molar-refractivity contribution is 5.26. The molecular formula is C11H17N3O. The first-order chi connectivity index (χ1) is 7.31. The molecule has 0 radical (unpaired) electrons. The summed E-state index contributed by atoms with van der Waals surface area (Å²) in [5, 5.41) is 3.11. The van der Waals surface area contributed by atoms with Crippen molar-refractivity contribution in [2.75, 3.05) is 20.2 Å². The first kappa shape index (κ1) is 10.5. The van der Waals surface area contributed by atoms with E-state index in [4.69, 9.17) is 4.74 Å². The molecular weight excluding hydrogens is 190 g/mol. The summed E-state index contributed by atoms with van der Waals surface area (Å²) in [6, 6.07) is 0. The highest BCUT2D eigenvalue weighted by Gasteiger charge is 2.15. The molecule has 1 aliphatic rings. The first-order valence-corrected chi connectivity index (χ1v) is 5.39. The molecule has 0 unspecified atom stereocenters. The quantitative estimate of drug-likeness (QED) is 0.789. The Kier molecular flexibility index (Phi) is 3.28. The van der Waals surface area contributed by atoms with Crippen molar-refractivity contribution in [2.24, 2.45) is 0 Å². The van der Waals surface area contributed by atoms with Crippen molar-refractivity contribution in [1.82, 2.24) is 15.3 Å². The van der Waals surface area contributed by atoms with Crippen LogP contribution in [0.4, 0.5) is 0 Å². The van der Waals surface area contributed by atoms with E-state index < -0.39 is 0 Å². The lowest BCUT2D eigenvalue weighted by molar-refractivity contribution is 0.108. The Morgan fingerprint density at radius 3 is 3.07 bits per heavy atom. The monoisotopic (exact) mass is 207 g/mol. The lowest BCUT2D eigenvalue weighted by atomic mass is 10.1. The van der Waals surface area contributed by atoms with Crippen molar-refractivity contribution in [2.45, 2.75) is 26.4 Å². The third kappa shape index (κ3) is 2.33. The number of likely N-dealkylation sites (N-methyl/N-ethyl adjacent to an activating group) is 1. The van der Waals surface area contributed by atoms with Gasteiger partial charge in [-0.1, -0.05) is 0 Å². The van der Waals surface area contributed by atoms with Crippen LogP contribution >= 0.6 is 0 Å². The zero-order valence-corrected chi connectivity index (χ0v) is 9.34. The van der Waals surface area contributed by atoms with E-state index >= 15 is 0 Å². The van der Waals surface area contributed by atoms with Gasteiger partial charge < -0.3 is 10.1 Å². The molecule has 1 aromatic rings. The van der Waals surface area contributed by atoms with Gasteiger partial charge in [0.1, 0.15) is 5.82 Å². The lowest BCUT2D eigenvalue weighted by Crippen LogP contribution is -2.18. The van der Waals surface area contributed by atoms with Gasteiger partial charge in [-0.05, 0) is 14.0 Å². The first-order valence-electron chi connectivity index (χ1n) is 5.39. The minimum atomic E-state index is 0.674. The highest BCUT2D eigenvalue weighted by Crippen LogP contribution is 2.17. The summed E-state index contributed by atoms with van der Waals surface area (Å²) in [5.41, 5.74) is 3.44. The number of aromatic nitrogens is 2. The van der Waals surface area contributed by atoms with Gasteiger partial charge in [0.2, 0.25) is 0 Å². The number of hydrogen-bond donors (Lipinski definition) is 1. The van der Waals surface area contributed by atoms with Gasteiger partial charge in [-0.15, -0.1) is 0 Å². The maximum absolute atomic E-state index is 5.41. The SMILES string of the molecule is CNCCc1nc(C)c2c(n1)CCOC2. The van der Waals surface area contributed by atoms with Crippen LogP contribution in [-0.2, 0) is 24.2 Å². The zero-order valence-electron chi connectivity index (χ0n) is 9.34. The summed E-state index contributed by atoms with van der Waals surface area (Å²) in [6.45, 7) is 4.43. The summed E-state index contributed by atoms with van der Waals surface area (Å²) in [6.07, 6.45) is 1.82.